The van der Waals surface area contributed by atoms with Crippen molar-refractivity contribution in [1.82, 2.24) is 0 Å². The van der Waals surface area contributed by atoms with Gasteiger partial charge in [-0.3, -0.25) is 4.79 Å². The van der Waals surface area contributed by atoms with Crippen molar-refractivity contribution in [3.8, 4) is 0 Å². The molecule has 0 aliphatic rings. The molecular formula is C12H18N2O3. The third kappa shape index (κ3) is 4.42. The number of ether oxygens (including phenoxy) is 1. The van der Waals surface area contributed by atoms with Gasteiger partial charge in [-0.05, 0) is 25.1 Å². The maximum Gasteiger partial charge on any atom is 0.161 e. The van der Waals surface area contributed by atoms with Gasteiger partial charge in [0, 0.05) is 23.5 Å². The number of nitrogen functional groups attached to an aromatic ring is 1. The standard InChI is InChI=1S/C12H18N2O3/c1-9(16)11-3-2-10(8-12(11)13)14-4-6-17-7-5-15/h2-3,8,14-15H,4-7,13H2,1H3. The van der Waals surface area contributed by atoms with Gasteiger partial charge >= 0.3 is 0 Å². The second-order valence-electron chi connectivity index (χ2n) is 3.62. The summed E-state index contributed by atoms with van der Waals surface area (Å²) in [6, 6.07) is 5.23. The first-order valence-electron chi connectivity index (χ1n) is 5.48. The largest absolute Gasteiger partial charge is 0.398 e. The minimum atomic E-state index is -0.0414. The first-order valence-corrected chi connectivity index (χ1v) is 5.48. The van der Waals surface area contributed by atoms with Gasteiger partial charge in [0.25, 0.3) is 0 Å². The fourth-order valence-electron chi connectivity index (χ4n) is 1.43. The molecule has 0 heterocycles. The Kier molecular flexibility index (Phi) is 5.45. The lowest BCUT2D eigenvalue weighted by Gasteiger charge is -2.09. The number of aliphatic hydroxyl groups is 1. The number of carbonyl (C=O) groups excluding carboxylic acids is 1. The maximum atomic E-state index is 11.2. The Morgan fingerprint density at radius 3 is 2.82 bits per heavy atom. The molecule has 0 atom stereocenters. The quantitative estimate of drug-likeness (QED) is 0.373. The number of nitrogens with two attached hydrogens (primary N) is 1. The van der Waals surface area contributed by atoms with Gasteiger partial charge in [-0.1, -0.05) is 0 Å². The Morgan fingerprint density at radius 2 is 2.24 bits per heavy atom. The van der Waals surface area contributed by atoms with Gasteiger partial charge in [0.15, 0.2) is 5.78 Å². The topological polar surface area (TPSA) is 84.6 Å². The summed E-state index contributed by atoms with van der Waals surface area (Å²) < 4.78 is 5.10. The van der Waals surface area contributed by atoms with E-state index in [1.165, 1.54) is 6.92 Å². The van der Waals surface area contributed by atoms with E-state index in [0.717, 1.165) is 5.69 Å². The average molecular weight is 238 g/mol. The maximum absolute atomic E-state index is 11.2. The van der Waals surface area contributed by atoms with Crippen LogP contribution in [-0.4, -0.2) is 37.3 Å². The molecule has 0 aliphatic carbocycles. The zero-order valence-electron chi connectivity index (χ0n) is 9.90. The molecular weight excluding hydrogens is 220 g/mol. The summed E-state index contributed by atoms with van der Waals surface area (Å²) >= 11 is 0. The number of Topliss-reactive ketones (excluding diaryl/α,β-unsaturated/α-hetero) is 1. The van der Waals surface area contributed by atoms with Crippen LogP contribution in [0.3, 0.4) is 0 Å². The fraction of sp³-hybridized carbons (Fsp3) is 0.417. The first kappa shape index (κ1) is 13.5. The number of anilines is 2. The van der Waals surface area contributed by atoms with E-state index in [2.05, 4.69) is 5.32 Å². The molecule has 0 saturated heterocycles. The Bertz CT molecular complexity index is 380. The van der Waals surface area contributed by atoms with Crippen molar-refractivity contribution in [3.63, 3.8) is 0 Å². The van der Waals surface area contributed by atoms with Gasteiger partial charge in [-0.15, -0.1) is 0 Å². The van der Waals surface area contributed by atoms with E-state index in [1.807, 2.05) is 0 Å². The van der Waals surface area contributed by atoms with Gasteiger partial charge in [-0.25, -0.2) is 0 Å². The zero-order valence-corrected chi connectivity index (χ0v) is 9.90. The molecule has 0 bridgehead atoms. The Hall–Kier alpha value is -1.59. The van der Waals surface area contributed by atoms with Gasteiger partial charge in [-0.2, -0.15) is 0 Å². The Morgan fingerprint density at radius 1 is 1.47 bits per heavy atom. The monoisotopic (exact) mass is 238 g/mol. The lowest BCUT2D eigenvalue weighted by molar-refractivity contribution is 0.0992. The smallest absolute Gasteiger partial charge is 0.161 e. The number of benzene rings is 1. The van der Waals surface area contributed by atoms with Gasteiger partial charge in [0.2, 0.25) is 0 Å². The second kappa shape index (κ2) is 6.88. The number of hydrogen-bond donors (Lipinski definition) is 3. The fourth-order valence-corrected chi connectivity index (χ4v) is 1.43. The van der Waals surface area contributed by atoms with Crippen LogP contribution in [0.15, 0.2) is 18.2 Å². The number of ketones is 1. The molecule has 0 radical (unpaired) electrons. The second-order valence-corrected chi connectivity index (χ2v) is 3.62. The van der Waals surface area contributed by atoms with E-state index in [9.17, 15) is 4.79 Å². The first-order chi connectivity index (χ1) is 8.15. The van der Waals surface area contributed by atoms with Crippen molar-refractivity contribution in [2.24, 2.45) is 0 Å². The minimum Gasteiger partial charge on any atom is -0.398 e. The van der Waals surface area contributed by atoms with Crippen molar-refractivity contribution in [2.75, 3.05) is 37.4 Å². The molecule has 0 saturated carbocycles. The molecule has 0 fully saturated rings. The van der Waals surface area contributed by atoms with Crippen LogP contribution in [0.25, 0.3) is 0 Å². The van der Waals surface area contributed by atoms with Gasteiger partial charge < -0.3 is 20.9 Å². The van der Waals surface area contributed by atoms with Crippen LogP contribution < -0.4 is 11.1 Å². The van der Waals surface area contributed by atoms with Crippen LogP contribution in [-0.2, 0) is 4.74 Å². The summed E-state index contributed by atoms with van der Waals surface area (Å²) in [5.41, 5.74) is 7.60. The van der Waals surface area contributed by atoms with Crippen LogP contribution in [0.2, 0.25) is 0 Å². The highest BCUT2D eigenvalue weighted by Crippen LogP contribution is 2.18. The van der Waals surface area contributed by atoms with E-state index in [4.69, 9.17) is 15.6 Å². The highest BCUT2D eigenvalue weighted by atomic mass is 16.5. The predicted octanol–water partition coefficient (Wildman–Crippen LogP) is 0.892. The molecule has 0 amide bonds. The van der Waals surface area contributed by atoms with Gasteiger partial charge in [0.1, 0.15) is 0 Å². The minimum absolute atomic E-state index is 0.0280. The van der Waals surface area contributed by atoms with Crippen LogP contribution in [0, 0.1) is 0 Å². The Labute approximate surface area is 101 Å². The van der Waals surface area contributed by atoms with Crippen molar-refractivity contribution in [2.45, 2.75) is 6.92 Å². The summed E-state index contributed by atoms with van der Waals surface area (Å²) in [5.74, 6) is -0.0414. The van der Waals surface area contributed by atoms with Gasteiger partial charge in [0.05, 0.1) is 19.8 Å². The third-order valence-corrected chi connectivity index (χ3v) is 2.24. The molecule has 0 aliphatic heterocycles. The lowest BCUT2D eigenvalue weighted by Crippen LogP contribution is -2.11. The predicted molar refractivity (Wildman–Crippen MR) is 67.3 cm³/mol. The number of hydrogen-bond acceptors (Lipinski definition) is 5. The molecule has 17 heavy (non-hydrogen) atoms. The summed E-state index contributed by atoms with van der Waals surface area (Å²) in [5, 5.41) is 11.6. The highest BCUT2D eigenvalue weighted by Gasteiger charge is 2.04. The summed E-state index contributed by atoms with van der Waals surface area (Å²) in [7, 11) is 0. The number of nitrogens with one attached hydrogen (secondary N) is 1. The van der Waals surface area contributed by atoms with E-state index >= 15 is 0 Å². The van der Waals surface area contributed by atoms with E-state index in [1.54, 1.807) is 18.2 Å². The molecule has 0 aromatic heterocycles. The van der Waals surface area contributed by atoms with Crippen LogP contribution in [0.4, 0.5) is 11.4 Å². The molecule has 4 N–H and O–H groups in total. The normalized spacial score (nSPS) is 10.2. The number of rotatable bonds is 7. The molecule has 94 valence electrons. The van der Waals surface area contributed by atoms with Crippen molar-refractivity contribution < 1.29 is 14.6 Å². The zero-order chi connectivity index (χ0) is 12.7. The van der Waals surface area contributed by atoms with Crippen molar-refractivity contribution >= 4 is 17.2 Å². The molecule has 0 unspecified atom stereocenters. The van der Waals surface area contributed by atoms with Crippen molar-refractivity contribution in [1.29, 1.82) is 0 Å². The summed E-state index contributed by atoms with van der Waals surface area (Å²) in [6.07, 6.45) is 0. The molecule has 1 aromatic rings. The van der Waals surface area contributed by atoms with E-state index < -0.39 is 0 Å². The summed E-state index contributed by atoms with van der Waals surface area (Å²) in [4.78, 5) is 11.2. The van der Waals surface area contributed by atoms with Crippen LogP contribution >= 0.6 is 0 Å². The van der Waals surface area contributed by atoms with Crippen molar-refractivity contribution in [3.05, 3.63) is 23.8 Å². The third-order valence-electron chi connectivity index (χ3n) is 2.24. The number of aliphatic hydroxyl groups excluding tert-OH is 1. The molecule has 5 nitrogen and oxygen atoms in total. The average Bonchev–Trinajstić information content (AvgIpc) is 2.28. The number of carbonyl (C=O) groups is 1. The highest BCUT2D eigenvalue weighted by molar-refractivity contribution is 5.99. The van der Waals surface area contributed by atoms with E-state index in [-0.39, 0.29) is 12.4 Å². The Balaban J connectivity index is 2.45. The van der Waals surface area contributed by atoms with Crippen LogP contribution in [0.1, 0.15) is 17.3 Å². The van der Waals surface area contributed by atoms with Crippen LogP contribution in [0.5, 0.6) is 0 Å². The molecule has 1 aromatic carbocycles. The molecule has 0 spiro atoms. The summed E-state index contributed by atoms with van der Waals surface area (Å²) in [6.45, 7) is 2.99. The molecule has 1 rings (SSSR count). The van der Waals surface area contributed by atoms with E-state index in [0.29, 0.717) is 31.0 Å². The SMILES string of the molecule is CC(=O)c1ccc(NCCOCCO)cc1N. The molecule has 5 heteroatoms. The lowest BCUT2D eigenvalue weighted by atomic mass is 10.1.